The number of rotatable bonds is 6. The normalized spacial score (nSPS) is 11.9. The van der Waals surface area contributed by atoms with E-state index >= 15 is 0 Å². The fourth-order valence-corrected chi connectivity index (χ4v) is 1.92. The van der Waals surface area contributed by atoms with Gasteiger partial charge in [-0.25, -0.2) is 0 Å². The summed E-state index contributed by atoms with van der Waals surface area (Å²) in [5, 5.41) is 10.1. The number of aliphatic hydroxyl groups is 1. The maximum absolute atomic E-state index is 10.1. The number of nitrogens with two attached hydrogens (primary N) is 1. The Morgan fingerprint density at radius 2 is 1.60 bits per heavy atom. The van der Waals surface area contributed by atoms with Crippen LogP contribution in [0.15, 0.2) is 48.5 Å². The molecule has 2 aromatic rings. The Kier molecular flexibility index (Phi) is 4.85. The van der Waals surface area contributed by atoms with E-state index in [2.05, 4.69) is 0 Å². The van der Waals surface area contributed by atoms with E-state index in [1.54, 1.807) is 12.1 Å². The van der Waals surface area contributed by atoms with E-state index in [1.165, 1.54) is 0 Å². The summed E-state index contributed by atoms with van der Waals surface area (Å²) in [6.07, 6.45) is -0.772. The van der Waals surface area contributed by atoms with E-state index in [0.29, 0.717) is 29.4 Å². The second-order valence-corrected chi connectivity index (χ2v) is 4.34. The van der Waals surface area contributed by atoms with Gasteiger partial charge in [0.25, 0.3) is 0 Å². The lowest BCUT2D eigenvalue weighted by Gasteiger charge is -2.16. The molecule has 4 nitrogen and oxygen atoms in total. The van der Waals surface area contributed by atoms with Crippen LogP contribution >= 0.6 is 0 Å². The monoisotopic (exact) mass is 273 g/mol. The molecule has 0 bridgehead atoms. The molecule has 1 unspecified atom stereocenters. The lowest BCUT2D eigenvalue weighted by atomic mass is 10.1. The van der Waals surface area contributed by atoms with Crippen molar-refractivity contribution in [1.29, 1.82) is 0 Å². The second-order valence-electron chi connectivity index (χ2n) is 4.34. The van der Waals surface area contributed by atoms with Crippen molar-refractivity contribution in [2.75, 3.05) is 18.9 Å². The Labute approximate surface area is 118 Å². The summed E-state index contributed by atoms with van der Waals surface area (Å²) in [4.78, 5) is 0. The number of aliphatic hydroxyl groups excluding tert-OH is 1. The third-order valence-corrected chi connectivity index (χ3v) is 2.90. The Bertz CT molecular complexity index is 557. The zero-order chi connectivity index (χ0) is 14.4. The van der Waals surface area contributed by atoms with Gasteiger partial charge in [0.1, 0.15) is 12.7 Å². The number of benzene rings is 2. The van der Waals surface area contributed by atoms with Crippen LogP contribution in [0, 0.1) is 0 Å². The molecule has 0 aliphatic heterocycles. The van der Waals surface area contributed by atoms with E-state index in [-0.39, 0.29) is 6.61 Å². The van der Waals surface area contributed by atoms with Gasteiger partial charge in [0, 0.05) is 11.3 Å². The predicted octanol–water partition coefficient (Wildman–Crippen LogP) is 2.78. The third-order valence-electron chi connectivity index (χ3n) is 2.90. The molecule has 0 spiro atoms. The summed E-state index contributed by atoms with van der Waals surface area (Å²) in [6, 6.07) is 14.6. The molecule has 2 rings (SSSR count). The summed E-state index contributed by atoms with van der Waals surface area (Å²) in [5.41, 5.74) is 7.05. The van der Waals surface area contributed by atoms with Gasteiger partial charge in [-0.15, -0.1) is 0 Å². The number of nitrogen functional groups attached to an aromatic ring is 1. The molecule has 0 aliphatic rings. The number of hydrogen-bond acceptors (Lipinski definition) is 4. The minimum atomic E-state index is -0.772. The predicted molar refractivity (Wildman–Crippen MR) is 78.9 cm³/mol. The van der Waals surface area contributed by atoms with E-state index < -0.39 is 6.10 Å². The molecular weight excluding hydrogens is 254 g/mol. The van der Waals surface area contributed by atoms with Gasteiger partial charge in [-0.05, 0) is 25.1 Å². The van der Waals surface area contributed by atoms with Gasteiger partial charge in [-0.3, -0.25) is 0 Å². The van der Waals surface area contributed by atoms with E-state index in [0.717, 1.165) is 0 Å². The first-order valence-corrected chi connectivity index (χ1v) is 6.59. The van der Waals surface area contributed by atoms with E-state index in [4.69, 9.17) is 15.2 Å². The van der Waals surface area contributed by atoms with Gasteiger partial charge in [-0.1, -0.05) is 30.3 Å². The molecule has 0 aliphatic carbocycles. The van der Waals surface area contributed by atoms with Crippen LogP contribution in [0.1, 0.15) is 18.6 Å². The van der Waals surface area contributed by atoms with Crippen molar-refractivity contribution in [3.05, 3.63) is 54.1 Å². The highest BCUT2D eigenvalue weighted by molar-refractivity contribution is 5.47. The standard InChI is InChI=1S/C16H19NO3/c1-2-19-15-9-5-6-10-16(15)20-11-14(18)12-7-3-4-8-13(12)17/h3-10,14,18H,2,11,17H2,1H3. The van der Waals surface area contributed by atoms with Crippen molar-refractivity contribution >= 4 is 5.69 Å². The highest BCUT2D eigenvalue weighted by Crippen LogP contribution is 2.28. The van der Waals surface area contributed by atoms with Crippen molar-refractivity contribution in [1.82, 2.24) is 0 Å². The molecule has 0 aromatic heterocycles. The number of anilines is 1. The molecule has 0 saturated heterocycles. The summed E-state index contributed by atoms with van der Waals surface area (Å²) >= 11 is 0. The molecule has 1 atom stereocenters. The van der Waals surface area contributed by atoms with Gasteiger partial charge in [-0.2, -0.15) is 0 Å². The first kappa shape index (κ1) is 14.2. The Morgan fingerprint density at radius 1 is 1.00 bits per heavy atom. The quantitative estimate of drug-likeness (QED) is 0.794. The maximum Gasteiger partial charge on any atom is 0.161 e. The van der Waals surface area contributed by atoms with Crippen molar-refractivity contribution in [3.8, 4) is 11.5 Å². The minimum absolute atomic E-state index is 0.123. The molecule has 0 radical (unpaired) electrons. The van der Waals surface area contributed by atoms with E-state index in [1.807, 2.05) is 43.3 Å². The van der Waals surface area contributed by atoms with Crippen LogP contribution in [0.3, 0.4) is 0 Å². The van der Waals surface area contributed by atoms with Gasteiger partial charge in [0.15, 0.2) is 11.5 Å². The molecule has 0 amide bonds. The zero-order valence-corrected chi connectivity index (χ0v) is 11.5. The number of hydrogen-bond donors (Lipinski definition) is 2. The molecule has 106 valence electrons. The number of ether oxygens (including phenoxy) is 2. The first-order chi connectivity index (χ1) is 9.72. The van der Waals surface area contributed by atoms with Crippen molar-refractivity contribution < 1.29 is 14.6 Å². The summed E-state index contributed by atoms with van der Waals surface area (Å²) in [6.45, 7) is 2.60. The van der Waals surface area contributed by atoms with Crippen molar-refractivity contribution in [2.45, 2.75) is 13.0 Å². The van der Waals surface area contributed by atoms with Gasteiger partial charge >= 0.3 is 0 Å². The fourth-order valence-electron chi connectivity index (χ4n) is 1.92. The molecule has 0 saturated carbocycles. The highest BCUT2D eigenvalue weighted by atomic mass is 16.5. The third kappa shape index (κ3) is 3.42. The largest absolute Gasteiger partial charge is 0.490 e. The van der Waals surface area contributed by atoms with Crippen LogP contribution in [-0.4, -0.2) is 18.3 Å². The lowest BCUT2D eigenvalue weighted by Crippen LogP contribution is -2.12. The fraction of sp³-hybridized carbons (Fsp3) is 0.250. The molecule has 20 heavy (non-hydrogen) atoms. The average molecular weight is 273 g/mol. The lowest BCUT2D eigenvalue weighted by molar-refractivity contribution is 0.106. The van der Waals surface area contributed by atoms with Gasteiger partial charge < -0.3 is 20.3 Å². The van der Waals surface area contributed by atoms with Crippen LogP contribution in [0.2, 0.25) is 0 Å². The summed E-state index contributed by atoms with van der Waals surface area (Å²) in [7, 11) is 0. The topological polar surface area (TPSA) is 64.7 Å². The molecule has 2 aromatic carbocycles. The Morgan fingerprint density at radius 3 is 2.25 bits per heavy atom. The second kappa shape index (κ2) is 6.82. The highest BCUT2D eigenvalue weighted by Gasteiger charge is 2.12. The zero-order valence-electron chi connectivity index (χ0n) is 11.5. The van der Waals surface area contributed by atoms with Crippen LogP contribution in [-0.2, 0) is 0 Å². The Balaban J connectivity index is 2.04. The minimum Gasteiger partial charge on any atom is -0.490 e. The summed E-state index contributed by atoms with van der Waals surface area (Å²) < 4.78 is 11.1. The number of para-hydroxylation sites is 3. The van der Waals surface area contributed by atoms with Crippen LogP contribution in [0.25, 0.3) is 0 Å². The van der Waals surface area contributed by atoms with Crippen LogP contribution in [0.5, 0.6) is 11.5 Å². The van der Waals surface area contributed by atoms with Gasteiger partial charge in [0.2, 0.25) is 0 Å². The van der Waals surface area contributed by atoms with Crippen LogP contribution in [0.4, 0.5) is 5.69 Å². The summed E-state index contributed by atoms with van der Waals surface area (Å²) in [5.74, 6) is 1.28. The van der Waals surface area contributed by atoms with E-state index in [9.17, 15) is 5.11 Å². The molecule has 4 heteroatoms. The first-order valence-electron chi connectivity index (χ1n) is 6.59. The van der Waals surface area contributed by atoms with Crippen molar-refractivity contribution in [3.63, 3.8) is 0 Å². The average Bonchev–Trinajstić information content (AvgIpc) is 2.47. The molecule has 0 fully saturated rings. The molecule has 0 heterocycles. The van der Waals surface area contributed by atoms with Gasteiger partial charge in [0.05, 0.1) is 6.61 Å². The van der Waals surface area contributed by atoms with Crippen molar-refractivity contribution in [2.24, 2.45) is 0 Å². The molecule has 3 N–H and O–H groups in total. The smallest absolute Gasteiger partial charge is 0.161 e. The molecular formula is C16H19NO3. The maximum atomic E-state index is 10.1. The Hall–Kier alpha value is -2.20. The SMILES string of the molecule is CCOc1ccccc1OCC(O)c1ccccc1N. The van der Waals surface area contributed by atoms with Crippen LogP contribution < -0.4 is 15.2 Å².